The molecule has 1 aromatic rings. The summed E-state index contributed by atoms with van der Waals surface area (Å²) in [6, 6.07) is 6.11. The van der Waals surface area contributed by atoms with Gasteiger partial charge in [-0.05, 0) is 30.9 Å². The van der Waals surface area contributed by atoms with Crippen LogP contribution in [0.15, 0.2) is 24.3 Å². The van der Waals surface area contributed by atoms with Crippen LogP contribution >= 0.6 is 0 Å². The lowest BCUT2D eigenvalue weighted by molar-refractivity contribution is 0.0483. The van der Waals surface area contributed by atoms with Crippen LogP contribution < -0.4 is 0 Å². The number of hydrogen-bond acceptors (Lipinski definition) is 3. The number of esters is 1. The van der Waals surface area contributed by atoms with Crippen LogP contribution in [0.2, 0.25) is 0 Å². The molecule has 1 rings (SSSR count). The number of carbonyl (C=O) groups is 2. The third-order valence-corrected chi connectivity index (χ3v) is 3.52. The van der Waals surface area contributed by atoms with Crippen molar-refractivity contribution in [1.82, 2.24) is 0 Å². The van der Waals surface area contributed by atoms with E-state index in [1.165, 1.54) is 12.1 Å². The van der Waals surface area contributed by atoms with Crippen molar-refractivity contribution < 1.29 is 19.4 Å². The minimum absolute atomic E-state index is 0.0162. The molecular formula is C16H22O4. The molecule has 0 saturated heterocycles. The van der Waals surface area contributed by atoms with E-state index in [0.29, 0.717) is 12.5 Å². The monoisotopic (exact) mass is 278 g/mol. The summed E-state index contributed by atoms with van der Waals surface area (Å²) in [5.74, 6) is -1.01. The molecule has 0 aliphatic heterocycles. The van der Waals surface area contributed by atoms with Crippen LogP contribution in [-0.4, -0.2) is 23.7 Å². The van der Waals surface area contributed by atoms with Crippen LogP contribution in [0.3, 0.4) is 0 Å². The van der Waals surface area contributed by atoms with E-state index in [0.717, 1.165) is 25.7 Å². The third-order valence-electron chi connectivity index (χ3n) is 3.52. The minimum atomic E-state index is -1.12. The molecule has 0 atom stereocenters. The van der Waals surface area contributed by atoms with Crippen molar-refractivity contribution >= 4 is 11.9 Å². The molecule has 4 nitrogen and oxygen atoms in total. The quantitative estimate of drug-likeness (QED) is 0.581. The molecule has 0 fully saturated rings. The predicted molar refractivity (Wildman–Crippen MR) is 77.0 cm³/mol. The number of ether oxygens (including phenoxy) is 1. The Labute approximate surface area is 119 Å². The SMILES string of the molecule is CCC(CC)CCCOC(=O)c1ccccc1C(=O)O. The van der Waals surface area contributed by atoms with Gasteiger partial charge in [-0.3, -0.25) is 0 Å². The number of aromatic carboxylic acids is 1. The van der Waals surface area contributed by atoms with E-state index >= 15 is 0 Å². The van der Waals surface area contributed by atoms with Gasteiger partial charge in [0.05, 0.1) is 17.7 Å². The van der Waals surface area contributed by atoms with Crippen molar-refractivity contribution in [1.29, 1.82) is 0 Å². The highest BCUT2D eigenvalue weighted by Gasteiger charge is 2.16. The molecule has 1 aromatic carbocycles. The molecule has 4 heteroatoms. The summed E-state index contributed by atoms with van der Waals surface area (Å²) in [5.41, 5.74) is 0.0972. The summed E-state index contributed by atoms with van der Waals surface area (Å²) < 4.78 is 5.16. The maximum absolute atomic E-state index is 11.9. The largest absolute Gasteiger partial charge is 0.478 e. The Balaban J connectivity index is 2.50. The molecule has 0 heterocycles. The second-order valence-corrected chi connectivity index (χ2v) is 4.81. The number of hydrogen-bond donors (Lipinski definition) is 1. The summed E-state index contributed by atoms with van der Waals surface area (Å²) in [7, 11) is 0. The number of rotatable bonds is 8. The average Bonchev–Trinajstić information content (AvgIpc) is 2.47. The molecule has 0 unspecified atom stereocenters. The number of carboxylic acid groups (broad SMARTS) is 1. The van der Waals surface area contributed by atoms with E-state index in [9.17, 15) is 9.59 Å². The summed E-state index contributed by atoms with van der Waals surface area (Å²) in [5, 5.41) is 9.01. The maximum atomic E-state index is 11.9. The summed E-state index contributed by atoms with van der Waals surface area (Å²) in [4.78, 5) is 22.9. The van der Waals surface area contributed by atoms with E-state index in [-0.39, 0.29) is 11.1 Å². The van der Waals surface area contributed by atoms with E-state index < -0.39 is 11.9 Å². The van der Waals surface area contributed by atoms with Gasteiger partial charge in [-0.25, -0.2) is 9.59 Å². The maximum Gasteiger partial charge on any atom is 0.339 e. The highest BCUT2D eigenvalue weighted by Crippen LogP contribution is 2.15. The fraction of sp³-hybridized carbons (Fsp3) is 0.500. The Kier molecular flexibility index (Phi) is 6.77. The lowest BCUT2D eigenvalue weighted by atomic mass is 9.98. The first-order valence-electron chi connectivity index (χ1n) is 7.09. The van der Waals surface area contributed by atoms with Gasteiger partial charge in [0.1, 0.15) is 0 Å². The first kappa shape index (κ1) is 16.2. The zero-order valence-electron chi connectivity index (χ0n) is 12.1. The Morgan fingerprint density at radius 3 is 2.30 bits per heavy atom. The fourth-order valence-electron chi connectivity index (χ4n) is 2.16. The molecule has 0 saturated carbocycles. The molecule has 0 amide bonds. The van der Waals surface area contributed by atoms with Gasteiger partial charge in [0.15, 0.2) is 0 Å². The van der Waals surface area contributed by atoms with Crippen molar-refractivity contribution in [3.63, 3.8) is 0 Å². The van der Waals surface area contributed by atoms with Gasteiger partial charge in [-0.2, -0.15) is 0 Å². The number of benzene rings is 1. The van der Waals surface area contributed by atoms with Crippen molar-refractivity contribution in [2.45, 2.75) is 39.5 Å². The normalized spacial score (nSPS) is 10.6. The molecule has 0 bridgehead atoms. The van der Waals surface area contributed by atoms with Crippen molar-refractivity contribution in [3.8, 4) is 0 Å². The van der Waals surface area contributed by atoms with E-state index in [2.05, 4.69) is 13.8 Å². The minimum Gasteiger partial charge on any atom is -0.478 e. The van der Waals surface area contributed by atoms with Gasteiger partial charge in [0.25, 0.3) is 0 Å². The first-order chi connectivity index (χ1) is 9.60. The molecule has 0 aromatic heterocycles. The zero-order chi connectivity index (χ0) is 15.0. The van der Waals surface area contributed by atoms with Crippen LogP contribution in [0.25, 0.3) is 0 Å². The Morgan fingerprint density at radius 1 is 1.15 bits per heavy atom. The van der Waals surface area contributed by atoms with Gasteiger partial charge < -0.3 is 9.84 Å². The Bertz CT molecular complexity index is 450. The van der Waals surface area contributed by atoms with Gasteiger partial charge >= 0.3 is 11.9 Å². The predicted octanol–water partition coefficient (Wildman–Crippen LogP) is 3.76. The van der Waals surface area contributed by atoms with Crippen LogP contribution in [-0.2, 0) is 4.74 Å². The lowest BCUT2D eigenvalue weighted by Gasteiger charge is -2.12. The van der Waals surface area contributed by atoms with Crippen LogP contribution in [0.4, 0.5) is 0 Å². The summed E-state index contributed by atoms with van der Waals surface area (Å²) >= 11 is 0. The fourth-order valence-corrected chi connectivity index (χ4v) is 2.16. The first-order valence-corrected chi connectivity index (χ1v) is 7.09. The third kappa shape index (κ3) is 4.68. The standard InChI is InChI=1S/C16H22O4/c1-3-12(4-2)8-7-11-20-16(19)14-10-6-5-9-13(14)15(17)18/h5-6,9-10,12H,3-4,7-8,11H2,1-2H3,(H,17,18). The zero-order valence-corrected chi connectivity index (χ0v) is 12.1. The van der Waals surface area contributed by atoms with Crippen molar-refractivity contribution in [2.75, 3.05) is 6.61 Å². The van der Waals surface area contributed by atoms with Crippen molar-refractivity contribution in [2.24, 2.45) is 5.92 Å². The number of carboxylic acids is 1. The molecular weight excluding hydrogens is 256 g/mol. The Hall–Kier alpha value is -1.84. The van der Waals surface area contributed by atoms with Crippen LogP contribution in [0.5, 0.6) is 0 Å². The van der Waals surface area contributed by atoms with Crippen LogP contribution in [0.1, 0.15) is 60.2 Å². The second kappa shape index (κ2) is 8.35. The van der Waals surface area contributed by atoms with Gasteiger partial charge in [0, 0.05) is 0 Å². The summed E-state index contributed by atoms with van der Waals surface area (Å²) in [6.45, 7) is 4.65. The smallest absolute Gasteiger partial charge is 0.339 e. The van der Waals surface area contributed by atoms with Crippen LogP contribution in [0, 0.1) is 5.92 Å². The van der Waals surface area contributed by atoms with E-state index in [4.69, 9.17) is 9.84 Å². The average molecular weight is 278 g/mol. The van der Waals surface area contributed by atoms with E-state index in [1.807, 2.05) is 0 Å². The Morgan fingerprint density at radius 2 is 1.75 bits per heavy atom. The van der Waals surface area contributed by atoms with Gasteiger partial charge in [-0.15, -0.1) is 0 Å². The van der Waals surface area contributed by atoms with Crippen molar-refractivity contribution in [3.05, 3.63) is 35.4 Å². The topological polar surface area (TPSA) is 63.6 Å². The molecule has 1 N–H and O–H groups in total. The summed E-state index contributed by atoms with van der Waals surface area (Å²) in [6.07, 6.45) is 4.10. The van der Waals surface area contributed by atoms with Gasteiger partial charge in [-0.1, -0.05) is 38.8 Å². The number of carbonyl (C=O) groups excluding carboxylic acids is 1. The second-order valence-electron chi connectivity index (χ2n) is 4.81. The molecule has 0 radical (unpaired) electrons. The molecule has 110 valence electrons. The molecule has 0 aliphatic rings. The van der Waals surface area contributed by atoms with Gasteiger partial charge in [0.2, 0.25) is 0 Å². The lowest BCUT2D eigenvalue weighted by Crippen LogP contribution is -2.12. The highest BCUT2D eigenvalue weighted by molar-refractivity contribution is 6.02. The molecule has 0 spiro atoms. The van der Waals surface area contributed by atoms with E-state index in [1.54, 1.807) is 12.1 Å². The highest BCUT2D eigenvalue weighted by atomic mass is 16.5. The molecule has 0 aliphatic carbocycles. The molecule has 20 heavy (non-hydrogen) atoms.